The zero-order chi connectivity index (χ0) is 17.6. The van der Waals surface area contributed by atoms with Gasteiger partial charge < -0.3 is 20.5 Å². The Bertz CT molecular complexity index is 563. The molecule has 6 nitrogen and oxygen atoms in total. The van der Waals surface area contributed by atoms with Crippen LogP contribution in [0.15, 0.2) is 18.2 Å². The first-order valence-electron chi connectivity index (χ1n) is 6.27. The van der Waals surface area contributed by atoms with E-state index in [-0.39, 0.29) is 23.6 Å². The van der Waals surface area contributed by atoms with Gasteiger partial charge in [-0.15, -0.1) is 13.2 Å². The Morgan fingerprint density at radius 3 is 2.52 bits per heavy atom. The molecule has 0 aliphatic rings. The Labute approximate surface area is 134 Å². The SMILES string of the molecule is COC(=O)CC(NC(=O)CN)c1cc(Cl)cc(OC(F)(F)F)c1. The molecule has 1 aromatic carbocycles. The Morgan fingerprint density at radius 2 is 2.00 bits per heavy atom. The molecule has 0 fully saturated rings. The predicted molar refractivity (Wildman–Crippen MR) is 74.7 cm³/mol. The van der Waals surface area contributed by atoms with Gasteiger partial charge in [-0.25, -0.2) is 0 Å². The van der Waals surface area contributed by atoms with E-state index >= 15 is 0 Å². The minimum Gasteiger partial charge on any atom is -0.469 e. The van der Waals surface area contributed by atoms with Crippen LogP contribution in [0.4, 0.5) is 13.2 Å². The summed E-state index contributed by atoms with van der Waals surface area (Å²) < 4.78 is 45.2. The number of esters is 1. The van der Waals surface area contributed by atoms with Crippen LogP contribution in [-0.4, -0.2) is 31.9 Å². The highest BCUT2D eigenvalue weighted by molar-refractivity contribution is 6.30. The molecule has 10 heteroatoms. The third-order valence-electron chi connectivity index (χ3n) is 2.65. The van der Waals surface area contributed by atoms with Crippen molar-refractivity contribution in [2.75, 3.05) is 13.7 Å². The van der Waals surface area contributed by atoms with Crippen molar-refractivity contribution in [3.8, 4) is 5.75 Å². The molecule has 0 aliphatic heterocycles. The largest absolute Gasteiger partial charge is 0.573 e. The van der Waals surface area contributed by atoms with Gasteiger partial charge in [-0.3, -0.25) is 9.59 Å². The second-order valence-electron chi connectivity index (χ2n) is 4.37. The summed E-state index contributed by atoms with van der Waals surface area (Å²) in [5, 5.41) is 2.35. The van der Waals surface area contributed by atoms with Gasteiger partial charge in [0.1, 0.15) is 5.75 Å². The molecule has 23 heavy (non-hydrogen) atoms. The van der Waals surface area contributed by atoms with Gasteiger partial charge in [0.15, 0.2) is 0 Å². The van der Waals surface area contributed by atoms with E-state index in [2.05, 4.69) is 14.8 Å². The number of nitrogens with one attached hydrogen (secondary N) is 1. The number of amides is 1. The highest BCUT2D eigenvalue weighted by atomic mass is 35.5. The van der Waals surface area contributed by atoms with Gasteiger partial charge in [-0.1, -0.05) is 11.6 Å². The number of rotatable bonds is 6. The summed E-state index contributed by atoms with van der Waals surface area (Å²) in [6.45, 7) is -0.357. The average Bonchev–Trinajstić information content (AvgIpc) is 2.43. The van der Waals surface area contributed by atoms with Crippen molar-refractivity contribution in [1.29, 1.82) is 0 Å². The van der Waals surface area contributed by atoms with Gasteiger partial charge in [-0.2, -0.15) is 0 Å². The fourth-order valence-electron chi connectivity index (χ4n) is 1.73. The summed E-state index contributed by atoms with van der Waals surface area (Å²) in [5.41, 5.74) is 5.32. The lowest BCUT2D eigenvalue weighted by Crippen LogP contribution is -2.35. The molecular weight excluding hydrogens is 341 g/mol. The Hall–Kier alpha value is -2.00. The van der Waals surface area contributed by atoms with Crippen molar-refractivity contribution in [1.82, 2.24) is 5.32 Å². The summed E-state index contributed by atoms with van der Waals surface area (Å²) >= 11 is 5.76. The van der Waals surface area contributed by atoms with Gasteiger partial charge in [0.2, 0.25) is 5.91 Å². The van der Waals surface area contributed by atoms with Gasteiger partial charge in [-0.05, 0) is 23.8 Å². The Balaban J connectivity index is 3.13. The molecule has 3 N–H and O–H groups in total. The summed E-state index contributed by atoms with van der Waals surface area (Å²) in [6.07, 6.45) is -5.21. The van der Waals surface area contributed by atoms with E-state index in [1.807, 2.05) is 0 Å². The molecule has 0 spiro atoms. The first-order valence-corrected chi connectivity index (χ1v) is 6.65. The number of methoxy groups -OCH3 is 1. The van der Waals surface area contributed by atoms with Crippen LogP contribution in [0.1, 0.15) is 18.0 Å². The summed E-state index contributed by atoms with van der Waals surface area (Å²) in [6, 6.07) is 2.31. The van der Waals surface area contributed by atoms with Gasteiger partial charge >= 0.3 is 12.3 Å². The summed E-state index contributed by atoms with van der Waals surface area (Å²) in [5.74, 6) is -1.85. The van der Waals surface area contributed by atoms with Crippen molar-refractivity contribution < 1.29 is 32.2 Å². The highest BCUT2D eigenvalue weighted by Crippen LogP contribution is 2.30. The van der Waals surface area contributed by atoms with Crippen molar-refractivity contribution in [3.05, 3.63) is 28.8 Å². The van der Waals surface area contributed by atoms with E-state index in [9.17, 15) is 22.8 Å². The van der Waals surface area contributed by atoms with E-state index < -0.39 is 30.0 Å². The zero-order valence-electron chi connectivity index (χ0n) is 11.9. The smallest absolute Gasteiger partial charge is 0.469 e. The minimum atomic E-state index is -4.90. The van der Waals surface area contributed by atoms with E-state index in [1.165, 1.54) is 6.07 Å². The Morgan fingerprint density at radius 1 is 1.35 bits per heavy atom. The van der Waals surface area contributed by atoms with Crippen LogP contribution in [-0.2, 0) is 14.3 Å². The molecule has 1 rings (SSSR count). The number of carbonyl (C=O) groups is 2. The van der Waals surface area contributed by atoms with Crippen molar-refractivity contribution in [2.24, 2.45) is 5.73 Å². The fourth-order valence-corrected chi connectivity index (χ4v) is 1.97. The maximum Gasteiger partial charge on any atom is 0.573 e. The molecule has 1 amide bonds. The molecule has 1 aromatic rings. The summed E-state index contributed by atoms with van der Waals surface area (Å²) in [4.78, 5) is 22.8. The molecule has 1 unspecified atom stereocenters. The maximum atomic E-state index is 12.3. The number of benzene rings is 1. The van der Waals surface area contributed by atoms with Crippen LogP contribution < -0.4 is 15.8 Å². The highest BCUT2D eigenvalue weighted by Gasteiger charge is 2.31. The van der Waals surface area contributed by atoms with E-state index in [1.54, 1.807) is 0 Å². The third-order valence-corrected chi connectivity index (χ3v) is 2.87. The van der Waals surface area contributed by atoms with Crippen LogP contribution in [0.3, 0.4) is 0 Å². The quantitative estimate of drug-likeness (QED) is 0.762. The molecule has 1 atom stereocenters. The molecule has 0 bridgehead atoms. The standard InChI is InChI=1S/C13H14ClF3N2O4/c1-22-12(21)5-10(19-11(20)6-18)7-2-8(14)4-9(3-7)23-13(15,16)17/h2-4,10H,5-6,18H2,1H3,(H,19,20). The van der Waals surface area contributed by atoms with Crippen molar-refractivity contribution in [3.63, 3.8) is 0 Å². The predicted octanol–water partition coefficient (Wildman–Crippen LogP) is 1.92. The lowest BCUT2D eigenvalue weighted by molar-refractivity contribution is -0.274. The molecule has 0 aromatic heterocycles. The molecule has 0 heterocycles. The topological polar surface area (TPSA) is 90.7 Å². The normalized spacial score (nSPS) is 12.4. The number of nitrogens with two attached hydrogens (primary N) is 1. The van der Waals surface area contributed by atoms with Gasteiger partial charge in [0.05, 0.1) is 26.1 Å². The van der Waals surface area contributed by atoms with Gasteiger partial charge in [0.25, 0.3) is 0 Å². The molecule has 0 radical (unpaired) electrons. The first-order chi connectivity index (χ1) is 10.6. The summed E-state index contributed by atoms with van der Waals surface area (Å²) in [7, 11) is 1.14. The monoisotopic (exact) mass is 354 g/mol. The lowest BCUT2D eigenvalue weighted by Gasteiger charge is -2.19. The number of alkyl halides is 3. The van der Waals surface area contributed by atoms with Gasteiger partial charge in [0, 0.05) is 5.02 Å². The third kappa shape index (κ3) is 6.74. The van der Waals surface area contributed by atoms with Crippen LogP contribution in [0.5, 0.6) is 5.75 Å². The van der Waals surface area contributed by atoms with E-state index in [4.69, 9.17) is 17.3 Å². The minimum absolute atomic E-state index is 0.0568. The van der Waals surface area contributed by atoms with Crippen LogP contribution in [0, 0.1) is 0 Å². The van der Waals surface area contributed by atoms with E-state index in [0.717, 1.165) is 19.2 Å². The number of ether oxygens (including phenoxy) is 2. The first kappa shape index (κ1) is 19.0. The molecule has 0 saturated heterocycles. The van der Waals surface area contributed by atoms with Crippen molar-refractivity contribution in [2.45, 2.75) is 18.8 Å². The average molecular weight is 355 g/mol. The Kier molecular flexibility index (Phi) is 6.64. The van der Waals surface area contributed by atoms with Crippen LogP contribution in [0.2, 0.25) is 5.02 Å². The zero-order valence-corrected chi connectivity index (χ0v) is 12.7. The number of hydrogen-bond donors (Lipinski definition) is 2. The van der Waals surface area contributed by atoms with Crippen LogP contribution >= 0.6 is 11.6 Å². The lowest BCUT2D eigenvalue weighted by atomic mass is 10.0. The number of carbonyl (C=O) groups excluding carboxylic acids is 2. The number of hydrogen-bond acceptors (Lipinski definition) is 5. The fraction of sp³-hybridized carbons (Fsp3) is 0.385. The second kappa shape index (κ2) is 8.02. The van der Waals surface area contributed by atoms with Crippen molar-refractivity contribution >= 4 is 23.5 Å². The maximum absolute atomic E-state index is 12.3. The van der Waals surface area contributed by atoms with E-state index in [0.29, 0.717) is 0 Å². The second-order valence-corrected chi connectivity index (χ2v) is 4.81. The molecule has 0 aliphatic carbocycles. The number of halogens is 4. The molecular formula is C13H14ClF3N2O4. The molecule has 128 valence electrons. The molecule has 0 saturated carbocycles. The van der Waals surface area contributed by atoms with Crippen LogP contribution in [0.25, 0.3) is 0 Å².